The van der Waals surface area contributed by atoms with Crippen molar-refractivity contribution in [3.8, 4) is 0 Å². The zero-order chi connectivity index (χ0) is 17.3. The van der Waals surface area contributed by atoms with Crippen LogP contribution in [0.5, 0.6) is 0 Å². The van der Waals surface area contributed by atoms with Crippen molar-refractivity contribution in [1.82, 2.24) is 10.6 Å². The van der Waals surface area contributed by atoms with Gasteiger partial charge >= 0.3 is 5.97 Å². The molecule has 8 nitrogen and oxygen atoms in total. The fourth-order valence-electron chi connectivity index (χ4n) is 1.62. The molecule has 0 fully saturated rings. The third-order valence-corrected chi connectivity index (χ3v) is 3.66. The van der Waals surface area contributed by atoms with Crippen molar-refractivity contribution < 1.29 is 24.6 Å². The summed E-state index contributed by atoms with van der Waals surface area (Å²) in [5.74, 6) is -2.01. The van der Waals surface area contributed by atoms with Gasteiger partial charge in [-0.1, -0.05) is 13.8 Å². The molecule has 0 radical (unpaired) electrons. The van der Waals surface area contributed by atoms with Crippen LogP contribution in [-0.4, -0.2) is 64.7 Å². The fraction of sp³-hybridized carbons (Fsp3) is 0.769. The second kappa shape index (κ2) is 10.4. The Morgan fingerprint density at radius 3 is 2.18 bits per heavy atom. The lowest BCUT2D eigenvalue weighted by molar-refractivity contribution is -0.143. The number of rotatable bonds is 10. The summed E-state index contributed by atoms with van der Waals surface area (Å²) in [6, 6.07) is -3.05. The number of nitrogens with two attached hydrogens (primary N) is 1. The van der Waals surface area contributed by atoms with Gasteiger partial charge in [-0.05, 0) is 24.3 Å². The van der Waals surface area contributed by atoms with E-state index in [4.69, 9.17) is 15.9 Å². The van der Waals surface area contributed by atoms with E-state index in [9.17, 15) is 14.4 Å². The number of hydrogen-bond acceptors (Lipinski definition) is 6. The average molecular weight is 335 g/mol. The van der Waals surface area contributed by atoms with Crippen LogP contribution in [0.15, 0.2) is 0 Å². The van der Waals surface area contributed by atoms with Crippen LogP contribution in [0.3, 0.4) is 0 Å². The Balaban J connectivity index is 4.75. The molecule has 6 N–H and O–H groups in total. The number of aliphatic carboxylic acids is 1. The van der Waals surface area contributed by atoms with Crippen LogP contribution in [0.4, 0.5) is 0 Å². The van der Waals surface area contributed by atoms with Gasteiger partial charge in [0.2, 0.25) is 11.8 Å². The van der Waals surface area contributed by atoms with Crippen molar-refractivity contribution in [1.29, 1.82) is 0 Å². The van der Waals surface area contributed by atoms with E-state index < -0.39 is 42.5 Å². The minimum absolute atomic E-state index is 0.259. The second-order valence-electron chi connectivity index (χ2n) is 5.20. The minimum atomic E-state index is -1.41. The van der Waals surface area contributed by atoms with E-state index in [0.29, 0.717) is 6.42 Å². The Kier molecular flexibility index (Phi) is 9.79. The van der Waals surface area contributed by atoms with Gasteiger partial charge in [0, 0.05) is 0 Å². The normalized spacial score (nSPS) is 15.0. The molecule has 22 heavy (non-hydrogen) atoms. The van der Waals surface area contributed by atoms with Gasteiger partial charge in [0.25, 0.3) is 0 Å². The first-order chi connectivity index (χ1) is 10.2. The molecule has 0 bridgehead atoms. The van der Waals surface area contributed by atoms with E-state index in [1.807, 2.05) is 6.26 Å². The van der Waals surface area contributed by atoms with Gasteiger partial charge in [0.05, 0.1) is 12.6 Å². The molecule has 0 heterocycles. The summed E-state index contributed by atoms with van der Waals surface area (Å²) >= 11 is 1.56. The van der Waals surface area contributed by atoms with Crippen molar-refractivity contribution in [2.24, 2.45) is 11.7 Å². The van der Waals surface area contributed by atoms with Crippen molar-refractivity contribution in [2.45, 2.75) is 38.4 Å². The summed E-state index contributed by atoms with van der Waals surface area (Å²) in [7, 11) is 0. The number of aliphatic hydroxyl groups is 1. The van der Waals surface area contributed by atoms with E-state index in [1.54, 1.807) is 25.6 Å². The van der Waals surface area contributed by atoms with Crippen molar-refractivity contribution >= 4 is 29.5 Å². The van der Waals surface area contributed by atoms with E-state index >= 15 is 0 Å². The smallest absolute Gasteiger partial charge is 0.328 e. The highest BCUT2D eigenvalue weighted by molar-refractivity contribution is 7.98. The monoisotopic (exact) mass is 335 g/mol. The lowest BCUT2D eigenvalue weighted by Gasteiger charge is -2.24. The summed E-state index contributed by atoms with van der Waals surface area (Å²) in [5, 5.41) is 22.5. The number of aliphatic hydroxyl groups excluding tert-OH is 1. The van der Waals surface area contributed by atoms with Crippen LogP contribution >= 0.6 is 11.8 Å². The van der Waals surface area contributed by atoms with Gasteiger partial charge in [-0.25, -0.2) is 4.79 Å². The van der Waals surface area contributed by atoms with Gasteiger partial charge in [-0.2, -0.15) is 11.8 Å². The topological polar surface area (TPSA) is 142 Å². The number of amides is 2. The van der Waals surface area contributed by atoms with Crippen LogP contribution in [-0.2, 0) is 14.4 Å². The lowest BCUT2D eigenvalue weighted by Crippen LogP contribution is -2.57. The number of hydrogen-bond donors (Lipinski definition) is 5. The molecular formula is C13H25N3O5S. The third-order valence-electron chi connectivity index (χ3n) is 3.01. The molecule has 0 unspecified atom stereocenters. The van der Waals surface area contributed by atoms with Gasteiger partial charge in [0.1, 0.15) is 12.1 Å². The third kappa shape index (κ3) is 7.10. The van der Waals surface area contributed by atoms with Crippen molar-refractivity contribution in [2.75, 3.05) is 18.6 Å². The number of thioether (sulfide) groups is 1. The number of carbonyl (C=O) groups is 3. The quantitative estimate of drug-likeness (QED) is 0.336. The maximum Gasteiger partial charge on any atom is 0.328 e. The number of carboxylic acids is 1. The van der Waals surface area contributed by atoms with Gasteiger partial charge < -0.3 is 26.6 Å². The largest absolute Gasteiger partial charge is 0.480 e. The highest BCUT2D eigenvalue weighted by atomic mass is 32.2. The van der Waals surface area contributed by atoms with Crippen LogP contribution in [0.2, 0.25) is 0 Å². The molecule has 0 aliphatic heterocycles. The molecule has 9 heteroatoms. The highest BCUT2D eigenvalue weighted by Crippen LogP contribution is 2.05. The molecule has 0 aliphatic rings. The molecule has 128 valence electrons. The Bertz CT molecular complexity index is 392. The van der Waals surface area contributed by atoms with Crippen molar-refractivity contribution in [3.05, 3.63) is 0 Å². The molecule has 0 aliphatic carbocycles. The maximum absolute atomic E-state index is 12.1. The van der Waals surface area contributed by atoms with Gasteiger partial charge in [-0.3, -0.25) is 9.59 Å². The predicted octanol–water partition coefficient (Wildman–Crippen LogP) is -1.23. The van der Waals surface area contributed by atoms with E-state index in [1.165, 1.54) is 0 Å². The standard InChI is InChI=1S/C13H25N3O5S/c1-7(2)10(12(19)15-9(6-17)13(20)21)16-11(18)8(14)4-5-22-3/h7-10,17H,4-6,14H2,1-3H3,(H,15,19)(H,16,18)(H,20,21)/t8-,9-,10-/m0/s1. The van der Waals surface area contributed by atoms with E-state index in [-0.39, 0.29) is 5.92 Å². The minimum Gasteiger partial charge on any atom is -0.480 e. The molecule has 0 aromatic heterocycles. The molecule has 0 saturated carbocycles. The van der Waals surface area contributed by atoms with Crippen LogP contribution in [0.25, 0.3) is 0 Å². The molecule has 3 atom stereocenters. The summed E-state index contributed by atoms with van der Waals surface area (Å²) in [4.78, 5) is 34.9. The molecule has 0 rings (SSSR count). The predicted molar refractivity (Wildman–Crippen MR) is 84.4 cm³/mol. The Labute approximate surface area is 134 Å². The summed E-state index contributed by atoms with van der Waals surface area (Å²) in [6.07, 6.45) is 2.38. The summed E-state index contributed by atoms with van der Waals surface area (Å²) in [5.41, 5.74) is 5.74. The van der Waals surface area contributed by atoms with E-state index in [0.717, 1.165) is 5.75 Å². The fourth-order valence-corrected chi connectivity index (χ4v) is 2.11. The molecule has 2 amide bonds. The Morgan fingerprint density at radius 2 is 1.77 bits per heavy atom. The van der Waals surface area contributed by atoms with E-state index in [2.05, 4.69) is 10.6 Å². The Morgan fingerprint density at radius 1 is 1.18 bits per heavy atom. The summed E-state index contributed by atoms with van der Waals surface area (Å²) < 4.78 is 0. The van der Waals surface area contributed by atoms with Gasteiger partial charge in [0.15, 0.2) is 0 Å². The zero-order valence-electron chi connectivity index (χ0n) is 13.0. The lowest BCUT2D eigenvalue weighted by atomic mass is 10.0. The van der Waals surface area contributed by atoms with Gasteiger partial charge in [-0.15, -0.1) is 0 Å². The molecule has 0 aromatic rings. The average Bonchev–Trinajstić information content (AvgIpc) is 2.46. The molecule has 0 aromatic carbocycles. The first kappa shape index (κ1) is 20.7. The van der Waals surface area contributed by atoms with Crippen LogP contribution < -0.4 is 16.4 Å². The van der Waals surface area contributed by atoms with Crippen molar-refractivity contribution in [3.63, 3.8) is 0 Å². The number of nitrogens with one attached hydrogen (secondary N) is 2. The highest BCUT2D eigenvalue weighted by Gasteiger charge is 2.29. The molecule has 0 saturated heterocycles. The summed E-state index contributed by atoms with van der Waals surface area (Å²) in [6.45, 7) is 2.70. The number of carboxylic acid groups (broad SMARTS) is 1. The SMILES string of the molecule is CSCC[C@H](N)C(=O)N[C@H](C(=O)N[C@@H](CO)C(=O)O)C(C)C. The molecular weight excluding hydrogens is 310 g/mol. The first-order valence-corrected chi connectivity index (χ1v) is 8.32. The Hall–Kier alpha value is -1.32. The van der Waals surface area contributed by atoms with Crippen LogP contribution in [0, 0.1) is 5.92 Å². The zero-order valence-corrected chi connectivity index (χ0v) is 13.9. The first-order valence-electron chi connectivity index (χ1n) is 6.93. The maximum atomic E-state index is 12.1. The molecule has 0 spiro atoms. The number of carbonyl (C=O) groups excluding carboxylic acids is 2. The van der Waals surface area contributed by atoms with Crippen LogP contribution in [0.1, 0.15) is 20.3 Å². The second-order valence-corrected chi connectivity index (χ2v) is 6.19.